The molecule has 1 N–H and O–H groups in total. The average Bonchev–Trinajstić information content (AvgIpc) is 2.69. The first-order valence-corrected chi connectivity index (χ1v) is 8.84. The summed E-state index contributed by atoms with van der Waals surface area (Å²) >= 11 is 0. The molecule has 0 bridgehead atoms. The van der Waals surface area contributed by atoms with Gasteiger partial charge >= 0.3 is 0 Å². The number of pyridine rings is 1. The zero-order chi connectivity index (χ0) is 18.4. The molecule has 6 nitrogen and oxygen atoms in total. The molecule has 138 valence electrons. The molecular weight excluding hydrogens is 330 g/mol. The maximum absolute atomic E-state index is 12.6. The van der Waals surface area contributed by atoms with E-state index < -0.39 is 0 Å². The lowest BCUT2D eigenvalue weighted by atomic mass is 10.0. The number of aromatic nitrogens is 1. The SMILES string of the molecule is COc1cc(OC)cc(C(=O)NC2CCN(Cc3ccccn3)CC2)c1. The molecule has 0 spiro atoms. The lowest BCUT2D eigenvalue weighted by molar-refractivity contribution is 0.0908. The Morgan fingerprint density at radius 3 is 2.42 bits per heavy atom. The molecule has 0 atom stereocenters. The van der Waals surface area contributed by atoms with Gasteiger partial charge in [0.1, 0.15) is 11.5 Å². The van der Waals surface area contributed by atoms with E-state index in [2.05, 4.69) is 15.2 Å². The first-order chi connectivity index (χ1) is 12.7. The maximum atomic E-state index is 12.6. The average molecular weight is 355 g/mol. The normalized spacial score (nSPS) is 15.5. The topological polar surface area (TPSA) is 63.7 Å². The minimum absolute atomic E-state index is 0.0922. The van der Waals surface area contributed by atoms with Gasteiger partial charge in [-0.15, -0.1) is 0 Å². The highest BCUT2D eigenvalue weighted by Gasteiger charge is 2.22. The van der Waals surface area contributed by atoms with Crippen LogP contribution in [0.4, 0.5) is 0 Å². The molecule has 0 saturated carbocycles. The summed E-state index contributed by atoms with van der Waals surface area (Å²) in [5.74, 6) is 1.13. The van der Waals surface area contributed by atoms with Gasteiger partial charge in [0.2, 0.25) is 0 Å². The molecule has 2 heterocycles. The second kappa shape index (κ2) is 8.67. The van der Waals surface area contributed by atoms with Crippen LogP contribution in [0.1, 0.15) is 28.9 Å². The van der Waals surface area contributed by atoms with Gasteiger partial charge in [0.05, 0.1) is 19.9 Å². The Hall–Kier alpha value is -2.60. The van der Waals surface area contributed by atoms with E-state index in [1.54, 1.807) is 32.4 Å². The predicted molar refractivity (Wildman–Crippen MR) is 99.5 cm³/mol. The zero-order valence-electron chi connectivity index (χ0n) is 15.3. The number of amides is 1. The third kappa shape index (κ3) is 4.73. The van der Waals surface area contributed by atoms with Gasteiger partial charge in [-0.05, 0) is 37.1 Å². The summed E-state index contributed by atoms with van der Waals surface area (Å²) in [6, 6.07) is 11.4. The Labute approximate surface area is 154 Å². The van der Waals surface area contributed by atoms with Crippen molar-refractivity contribution in [1.29, 1.82) is 0 Å². The molecule has 6 heteroatoms. The second-order valence-corrected chi connectivity index (χ2v) is 6.45. The molecule has 0 unspecified atom stereocenters. The Bertz CT molecular complexity index is 706. The molecular formula is C20H25N3O3. The highest BCUT2D eigenvalue weighted by Crippen LogP contribution is 2.23. The van der Waals surface area contributed by atoms with Gasteiger partial charge in [-0.2, -0.15) is 0 Å². The van der Waals surface area contributed by atoms with Crippen molar-refractivity contribution < 1.29 is 14.3 Å². The van der Waals surface area contributed by atoms with Crippen molar-refractivity contribution in [3.63, 3.8) is 0 Å². The summed E-state index contributed by atoms with van der Waals surface area (Å²) in [4.78, 5) is 19.3. The van der Waals surface area contributed by atoms with E-state index in [0.29, 0.717) is 17.1 Å². The Morgan fingerprint density at radius 2 is 1.85 bits per heavy atom. The number of benzene rings is 1. The Morgan fingerprint density at radius 1 is 1.15 bits per heavy atom. The van der Waals surface area contributed by atoms with Crippen LogP contribution in [0.5, 0.6) is 11.5 Å². The highest BCUT2D eigenvalue weighted by atomic mass is 16.5. The molecule has 1 fully saturated rings. The molecule has 1 aliphatic heterocycles. The Kier molecular flexibility index (Phi) is 6.07. The molecule has 3 rings (SSSR count). The number of hydrogen-bond acceptors (Lipinski definition) is 5. The van der Waals surface area contributed by atoms with E-state index in [-0.39, 0.29) is 11.9 Å². The van der Waals surface area contributed by atoms with E-state index in [0.717, 1.165) is 38.2 Å². The lowest BCUT2D eigenvalue weighted by Crippen LogP contribution is -2.44. The second-order valence-electron chi connectivity index (χ2n) is 6.45. The third-order valence-corrected chi connectivity index (χ3v) is 4.65. The van der Waals surface area contributed by atoms with Gasteiger partial charge in [0, 0.05) is 43.5 Å². The van der Waals surface area contributed by atoms with E-state index in [1.807, 2.05) is 24.4 Å². The van der Waals surface area contributed by atoms with Crippen LogP contribution in [0, 0.1) is 0 Å². The summed E-state index contributed by atoms with van der Waals surface area (Å²) < 4.78 is 10.5. The summed E-state index contributed by atoms with van der Waals surface area (Å²) in [5.41, 5.74) is 1.63. The number of nitrogens with one attached hydrogen (secondary N) is 1. The van der Waals surface area contributed by atoms with Crippen LogP contribution in [0.15, 0.2) is 42.6 Å². The van der Waals surface area contributed by atoms with Gasteiger partial charge in [-0.1, -0.05) is 6.07 Å². The van der Waals surface area contributed by atoms with Crippen LogP contribution in [-0.2, 0) is 6.54 Å². The smallest absolute Gasteiger partial charge is 0.251 e. The third-order valence-electron chi connectivity index (χ3n) is 4.65. The molecule has 1 aromatic heterocycles. The molecule has 2 aromatic rings. The van der Waals surface area contributed by atoms with Crippen LogP contribution >= 0.6 is 0 Å². The van der Waals surface area contributed by atoms with Crippen molar-refractivity contribution in [3.8, 4) is 11.5 Å². The molecule has 1 amide bonds. The van der Waals surface area contributed by atoms with Gasteiger partial charge < -0.3 is 14.8 Å². The number of ether oxygens (including phenoxy) is 2. The number of carbonyl (C=O) groups is 1. The van der Waals surface area contributed by atoms with E-state index in [1.165, 1.54) is 0 Å². The van der Waals surface area contributed by atoms with Gasteiger partial charge in [-0.25, -0.2) is 0 Å². The monoisotopic (exact) mass is 355 g/mol. The molecule has 1 saturated heterocycles. The number of likely N-dealkylation sites (tertiary alicyclic amines) is 1. The summed E-state index contributed by atoms with van der Waals surface area (Å²) in [6.45, 7) is 2.75. The fourth-order valence-corrected chi connectivity index (χ4v) is 3.16. The zero-order valence-corrected chi connectivity index (χ0v) is 15.3. The summed E-state index contributed by atoms with van der Waals surface area (Å²) in [5, 5.41) is 3.13. The van der Waals surface area contributed by atoms with Crippen molar-refractivity contribution in [2.75, 3.05) is 27.3 Å². The molecule has 26 heavy (non-hydrogen) atoms. The van der Waals surface area contributed by atoms with Crippen molar-refractivity contribution >= 4 is 5.91 Å². The van der Waals surface area contributed by atoms with Crippen LogP contribution in [-0.4, -0.2) is 49.1 Å². The highest BCUT2D eigenvalue weighted by molar-refractivity contribution is 5.95. The standard InChI is InChI=1S/C20H25N3O3/c1-25-18-11-15(12-19(13-18)26-2)20(24)22-16-6-9-23(10-7-16)14-17-5-3-4-8-21-17/h3-5,8,11-13,16H,6-7,9-10,14H2,1-2H3,(H,22,24). The van der Waals surface area contributed by atoms with Crippen molar-refractivity contribution in [3.05, 3.63) is 53.9 Å². The fraction of sp³-hybridized carbons (Fsp3) is 0.400. The van der Waals surface area contributed by atoms with E-state index >= 15 is 0 Å². The molecule has 1 aliphatic rings. The van der Waals surface area contributed by atoms with Crippen molar-refractivity contribution in [2.45, 2.75) is 25.4 Å². The fourth-order valence-electron chi connectivity index (χ4n) is 3.16. The van der Waals surface area contributed by atoms with Crippen LogP contribution in [0.25, 0.3) is 0 Å². The van der Waals surface area contributed by atoms with E-state index in [4.69, 9.17) is 9.47 Å². The first-order valence-electron chi connectivity index (χ1n) is 8.84. The van der Waals surface area contributed by atoms with Gasteiger partial charge in [0.25, 0.3) is 5.91 Å². The van der Waals surface area contributed by atoms with Crippen LogP contribution in [0.2, 0.25) is 0 Å². The Balaban J connectivity index is 1.53. The lowest BCUT2D eigenvalue weighted by Gasteiger charge is -2.32. The summed E-state index contributed by atoms with van der Waals surface area (Å²) in [7, 11) is 3.15. The maximum Gasteiger partial charge on any atom is 0.251 e. The molecule has 0 radical (unpaired) electrons. The van der Waals surface area contributed by atoms with Crippen molar-refractivity contribution in [1.82, 2.24) is 15.2 Å². The number of rotatable bonds is 6. The summed E-state index contributed by atoms with van der Waals surface area (Å²) in [6.07, 6.45) is 3.68. The number of methoxy groups -OCH3 is 2. The van der Waals surface area contributed by atoms with Crippen LogP contribution < -0.4 is 14.8 Å². The quantitative estimate of drug-likeness (QED) is 0.863. The predicted octanol–water partition coefficient (Wildman–Crippen LogP) is 2.49. The number of hydrogen-bond donors (Lipinski definition) is 1. The van der Waals surface area contributed by atoms with Gasteiger partial charge in [0.15, 0.2) is 0 Å². The minimum atomic E-state index is -0.0922. The number of carbonyl (C=O) groups excluding carboxylic acids is 1. The number of piperidine rings is 1. The molecule has 1 aromatic carbocycles. The number of nitrogens with zero attached hydrogens (tertiary/aromatic N) is 2. The minimum Gasteiger partial charge on any atom is -0.497 e. The van der Waals surface area contributed by atoms with Crippen LogP contribution in [0.3, 0.4) is 0 Å². The first kappa shape index (κ1) is 18.2. The molecule has 0 aliphatic carbocycles. The largest absolute Gasteiger partial charge is 0.497 e. The van der Waals surface area contributed by atoms with Gasteiger partial charge in [-0.3, -0.25) is 14.7 Å². The van der Waals surface area contributed by atoms with Crippen molar-refractivity contribution in [2.24, 2.45) is 0 Å². The van der Waals surface area contributed by atoms with E-state index in [9.17, 15) is 4.79 Å².